The molecular formula is C40H34N2S. The molecule has 2 nitrogen and oxygen atoms in total. The van der Waals surface area contributed by atoms with Gasteiger partial charge >= 0.3 is 0 Å². The molecule has 0 saturated heterocycles. The van der Waals surface area contributed by atoms with Gasteiger partial charge in [-0.3, -0.25) is 4.99 Å². The SMILES string of the molecule is Cc1ccc(C)c(-c2cc(C(C)(C)C)cc3sc(-c4ccccc4N=Cc4cc5ccccc5c5ccccc45)nc23)c1. The molecule has 0 aliphatic rings. The molecule has 0 fully saturated rings. The molecule has 6 aromatic carbocycles. The number of hydrogen-bond donors (Lipinski definition) is 0. The lowest BCUT2D eigenvalue weighted by molar-refractivity contribution is 0.591. The van der Waals surface area contributed by atoms with Crippen LogP contribution in [0.3, 0.4) is 0 Å². The van der Waals surface area contributed by atoms with Gasteiger partial charge in [0.25, 0.3) is 0 Å². The highest BCUT2D eigenvalue weighted by molar-refractivity contribution is 7.21. The molecule has 0 atom stereocenters. The predicted octanol–water partition coefficient (Wildman–Crippen LogP) is 11.6. The number of aliphatic imine (C=N–C) groups is 1. The monoisotopic (exact) mass is 574 g/mol. The highest BCUT2D eigenvalue weighted by Gasteiger charge is 2.21. The van der Waals surface area contributed by atoms with Crippen LogP contribution in [0.5, 0.6) is 0 Å². The van der Waals surface area contributed by atoms with Crippen LogP contribution in [0.4, 0.5) is 5.69 Å². The van der Waals surface area contributed by atoms with Crippen molar-refractivity contribution in [1.29, 1.82) is 0 Å². The van der Waals surface area contributed by atoms with Crippen LogP contribution in [0.15, 0.2) is 114 Å². The summed E-state index contributed by atoms with van der Waals surface area (Å²) in [6.45, 7) is 11.2. The number of benzene rings is 6. The lowest BCUT2D eigenvalue weighted by Crippen LogP contribution is -2.11. The summed E-state index contributed by atoms with van der Waals surface area (Å²) in [5.41, 5.74) is 10.5. The van der Waals surface area contributed by atoms with Gasteiger partial charge in [-0.15, -0.1) is 11.3 Å². The Kier molecular flexibility index (Phi) is 6.71. The number of thiazole rings is 1. The van der Waals surface area contributed by atoms with Gasteiger partial charge in [-0.1, -0.05) is 105 Å². The molecule has 0 radical (unpaired) electrons. The van der Waals surface area contributed by atoms with E-state index < -0.39 is 0 Å². The lowest BCUT2D eigenvalue weighted by atomic mass is 9.84. The third kappa shape index (κ3) is 5.04. The first-order valence-corrected chi connectivity index (χ1v) is 15.6. The quantitative estimate of drug-likeness (QED) is 0.152. The first-order chi connectivity index (χ1) is 20.8. The maximum Gasteiger partial charge on any atom is 0.126 e. The molecule has 0 N–H and O–H groups in total. The minimum Gasteiger partial charge on any atom is -0.256 e. The average Bonchev–Trinajstić information content (AvgIpc) is 3.45. The van der Waals surface area contributed by atoms with Crippen molar-refractivity contribution in [3.8, 4) is 21.7 Å². The van der Waals surface area contributed by atoms with Gasteiger partial charge in [0.2, 0.25) is 0 Å². The van der Waals surface area contributed by atoms with Crippen molar-refractivity contribution in [2.75, 3.05) is 0 Å². The topological polar surface area (TPSA) is 25.2 Å². The van der Waals surface area contributed by atoms with Crippen LogP contribution in [0.1, 0.15) is 43.0 Å². The number of nitrogens with zero attached hydrogens (tertiary/aromatic N) is 2. The molecule has 210 valence electrons. The Hall–Kier alpha value is -4.60. The number of para-hydroxylation sites is 1. The van der Waals surface area contributed by atoms with Gasteiger partial charge in [0.15, 0.2) is 0 Å². The Morgan fingerprint density at radius 1 is 0.674 bits per heavy atom. The van der Waals surface area contributed by atoms with Gasteiger partial charge < -0.3 is 0 Å². The van der Waals surface area contributed by atoms with E-state index in [1.807, 2.05) is 6.21 Å². The molecule has 0 saturated carbocycles. The van der Waals surface area contributed by atoms with Gasteiger partial charge in [0.1, 0.15) is 5.01 Å². The predicted molar refractivity (Wildman–Crippen MR) is 187 cm³/mol. The van der Waals surface area contributed by atoms with E-state index in [9.17, 15) is 0 Å². The molecule has 1 heterocycles. The fourth-order valence-corrected chi connectivity index (χ4v) is 6.97. The van der Waals surface area contributed by atoms with Gasteiger partial charge in [-0.25, -0.2) is 4.98 Å². The molecule has 0 aliphatic heterocycles. The molecule has 1 aromatic heterocycles. The van der Waals surface area contributed by atoms with Gasteiger partial charge in [0.05, 0.1) is 15.9 Å². The molecular weight excluding hydrogens is 541 g/mol. The lowest BCUT2D eigenvalue weighted by Gasteiger charge is -2.21. The second-order valence-electron chi connectivity index (χ2n) is 12.5. The third-order valence-corrected chi connectivity index (χ3v) is 9.36. The van der Waals surface area contributed by atoms with Crippen molar-refractivity contribution >= 4 is 55.0 Å². The first kappa shape index (κ1) is 27.2. The number of aryl methyl sites for hydroxylation is 2. The van der Waals surface area contributed by atoms with Crippen LogP contribution in [-0.4, -0.2) is 11.2 Å². The Balaban J connectivity index is 1.38. The smallest absolute Gasteiger partial charge is 0.126 e. The Morgan fingerprint density at radius 2 is 1.40 bits per heavy atom. The van der Waals surface area contributed by atoms with Crippen LogP contribution in [-0.2, 0) is 5.41 Å². The van der Waals surface area contributed by atoms with Crippen LogP contribution in [0, 0.1) is 13.8 Å². The number of rotatable bonds is 4. The Labute approximate surface area is 257 Å². The molecule has 3 heteroatoms. The zero-order valence-electron chi connectivity index (χ0n) is 25.3. The standard InChI is InChI=1S/C40H34N2S/c1-25-18-19-26(2)34(20-25)35-22-29(40(3,4)5)23-37-38(35)42-39(43-37)33-16-10-11-17-36(33)41-24-28-21-27-12-6-7-13-30(27)32-15-9-8-14-31(28)32/h6-24H,1-5H3. The highest BCUT2D eigenvalue weighted by atomic mass is 32.1. The molecule has 43 heavy (non-hydrogen) atoms. The van der Waals surface area contributed by atoms with Crippen LogP contribution in [0.2, 0.25) is 0 Å². The Morgan fingerprint density at radius 3 is 2.21 bits per heavy atom. The normalized spacial score (nSPS) is 12.2. The van der Waals surface area contributed by atoms with Gasteiger partial charge in [0, 0.05) is 22.9 Å². The molecule has 7 rings (SSSR count). The summed E-state index contributed by atoms with van der Waals surface area (Å²) in [6, 6.07) is 39.1. The first-order valence-electron chi connectivity index (χ1n) is 14.8. The number of aromatic nitrogens is 1. The van der Waals surface area contributed by atoms with Crippen LogP contribution in [0.25, 0.3) is 53.5 Å². The summed E-state index contributed by atoms with van der Waals surface area (Å²) >= 11 is 1.75. The fourth-order valence-electron chi connectivity index (χ4n) is 5.91. The van der Waals surface area contributed by atoms with Gasteiger partial charge in [-0.2, -0.15) is 0 Å². The summed E-state index contributed by atoms with van der Waals surface area (Å²) < 4.78 is 1.21. The van der Waals surface area contributed by atoms with E-state index in [4.69, 9.17) is 9.98 Å². The van der Waals surface area contributed by atoms with Crippen molar-refractivity contribution in [2.45, 2.75) is 40.0 Å². The Bertz CT molecular complexity index is 2190. The van der Waals surface area contributed by atoms with E-state index in [-0.39, 0.29) is 5.41 Å². The third-order valence-electron chi connectivity index (χ3n) is 8.32. The maximum absolute atomic E-state index is 5.30. The molecule has 0 aliphatic carbocycles. The fraction of sp³-hybridized carbons (Fsp3) is 0.150. The zero-order chi connectivity index (χ0) is 29.7. The summed E-state index contributed by atoms with van der Waals surface area (Å²) in [7, 11) is 0. The largest absolute Gasteiger partial charge is 0.256 e. The summed E-state index contributed by atoms with van der Waals surface area (Å²) in [5, 5.41) is 5.92. The number of hydrogen-bond acceptors (Lipinski definition) is 3. The van der Waals surface area contributed by atoms with Crippen molar-refractivity contribution < 1.29 is 0 Å². The summed E-state index contributed by atoms with van der Waals surface area (Å²) in [5.74, 6) is 0. The van der Waals surface area contributed by atoms with Crippen LogP contribution >= 0.6 is 11.3 Å². The van der Waals surface area contributed by atoms with Crippen molar-refractivity contribution in [1.82, 2.24) is 4.98 Å². The average molecular weight is 575 g/mol. The minimum atomic E-state index is 0.0235. The van der Waals surface area contributed by atoms with E-state index in [0.29, 0.717) is 0 Å². The molecule has 0 bridgehead atoms. The van der Waals surface area contributed by atoms with Crippen molar-refractivity contribution in [2.24, 2.45) is 4.99 Å². The molecule has 7 aromatic rings. The molecule has 0 spiro atoms. The summed E-state index contributed by atoms with van der Waals surface area (Å²) in [4.78, 5) is 10.4. The van der Waals surface area contributed by atoms with Crippen molar-refractivity contribution in [3.63, 3.8) is 0 Å². The van der Waals surface area contributed by atoms with Crippen molar-refractivity contribution in [3.05, 3.63) is 131 Å². The summed E-state index contributed by atoms with van der Waals surface area (Å²) in [6.07, 6.45) is 2.01. The molecule has 0 amide bonds. The van der Waals surface area contributed by atoms with E-state index in [2.05, 4.69) is 144 Å². The zero-order valence-corrected chi connectivity index (χ0v) is 26.1. The maximum atomic E-state index is 5.30. The number of fused-ring (bicyclic) bond motifs is 4. The second-order valence-corrected chi connectivity index (χ2v) is 13.5. The van der Waals surface area contributed by atoms with E-state index >= 15 is 0 Å². The van der Waals surface area contributed by atoms with Crippen LogP contribution < -0.4 is 0 Å². The van der Waals surface area contributed by atoms with E-state index in [0.717, 1.165) is 27.3 Å². The second kappa shape index (κ2) is 10.6. The van der Waals surface area contributed by atoms with E-state index in [1.54, 1.807) is 11.3 Å². The highest BCUT2D eigenvalue weighted by Crippen LogP contribution is 2.42. The van der Waals surface area contributed by atoms with Gasteiger partial charge in [-0.05, 0) is 87.8 Å². The molecule has 0 unspecified atom stereocenters. The minimum absolute atomic E-state index is 0.0235. The van der Waals surface area contributed by atoms with E-state index in [1.165, 1.54) is 54.1 Å².